The van der Waals surface area contributed by atoms with Crippen LogP contribution in [0.4, 0.5) is 11.4 Å². The first kappa shape index (κ1) is 14.6. The van der Waals surface area contributed by atoms with E-state index in [9.17, 15) is 4.79 Å². The molecule has 3 N–H and O–H groups in total. The summed E-state index contributed by atoms with van der Waals surface area (Å²) < 4.78 is 0. The maximum atomic E-state index is 12.2. The van der Waals surface area contributed by atoms with Crippen LogP contribution in [0.1, 0.15) is 45.1 Å². The molecule has 0 radical (unpaired) electrons. The number of carbonyl (C=O) groups is 1. The first-order valence-corrected chi connectivity index (χ1v) is 6.75. The first-order valence-electron chi connectivity index (χ1n) is 6.75. The van der Waals surface area contributed by atoms with Gasteiger partial charge in [-0.3, -0.25) is 4.79 Å². The van der Waals surface area contributed by atoms with Gasteiger partial charge in [-0.25, -0.2) is 0 Å². The van der Waals surface area contributed by atoms with Gasteiger partial charge in [-0.15, -0.1) is 0 Å². The standard InChI is InChI=1S/C15H24N2O/c1-4-6-12(7-5-2)15(18)17-14-9-8-13(16)10-11(14)3/h8-10,12H,4-7,16H2,1-3H3,(H,17,18). The van der Waals surface area contributed by atoms with Crippen molar-refractivity contribution in [2.75, 3.05) is 11.1 Å². The second-order valence-electron chi connectivity index (χ2n) is 4.84. The fraction of sp³-hybridized carbons (Fsp3) is 0.533. The summed E-state index contributed by atoms with van der Waals surface area (Å²) in [4.78, 5) is 12.2. The number of benzene rings is 1. The van der Waals surface area contributed by atoms with Crippen molar-refractivity contribution in [1.82, 2.24) is 0 Å². The quantitative estimate of drug-likeness (QED) is 0.754. The van der Waals surface area contributed by atoms with Gasteiger partial charge >= 0.3 is 0 Å². The van der Waals surface area contributed by atoms with Crippen molar-refractivity contribution >= 4 is 17.3 Å². The topological polar surface area (TPSA) is 55.1 Å². The minimum atomic E-state index is 0.122. The van der Waals surface area contributed by atoms with Gasteiger partial charge in [-0.1, -0.05) is 26.7 Å². The third-order valence-corrected chi connectivity index (χ3v) is 3.15. The highest BCUT2D eigenvalue weighted by Crippen LogP contribution is 2.21. The average Bonchev–Trinajstić information content (AvgIpc) is 2.32. The molecule has 1 aromatic rings. The minimum Gasteiger partial charge on any atom is -0.399 e. The molecule has 0 aliphatic heterocycles. The van der Waals surface area contributed by atoms with Crippen LogP contribution in [0.5, 0.6) is 0 Å². The fourth-order valence-electron chi connectivity index (χ4n) is 2.17. The molecule has 1 rings (SSSR count). The van der Waals surface area contributed by atoms with E-state index in [1.807, 2.05) is 25.1 Å². The van der Waals surface area contributed by atoms with E-state index in [2.05, 4.69) is 19.2 Å². The molecule has 0 aromatic heterocycles. The smallest absolute Gasteiger partial charge is 0.227 e. The van der Waals surface area contributed by atoms with Gasteiger partial charge < -0.3 is 11.1 Å². The number of rotatable bonds is 6. The van der Waals surface area contributed by atoms with Crippen molar-refractivity contribution in [3.8, 4) is 0 Å². The second-order valence-corrected chi connectivity index (χ2v) is 4.84. The largest absolute Gasteiger partial charge is 0.399 e. The molecular weight excluding hydrogens is 224 g/mol. The van der Waals surface area contributed by atoms with Crippen molar-refractivity contribution in [3.05, 3.63) is 23.8 Å². The lowest BCUT2D eigenvalue weighted by Crippen LogP contribution is -2.23. The van der Waals surface area contributed by atoms with Crippen LogP contribution in [-0.4, -0.2) is 5.91 Å². The lowest BCUT2D eigenvalue weighted by Gasteiger charge is -2.16. The Morgan fingerprint density at radius 3 is 2.39 bits per heavy atom. The highest BCUT2D eigenvalue weighted by molar-refractivity contribution is 5.93. The van der Waals surface area contributed by atoms with E-state index in [1.54, 1.807) is 0 Å². The molecule has 1 amide bonds. The number of anilines is 2. The van der Waals surface area contributed by atoms with Crippen LogP contribution in [0.3, 0.4) is 0 Å². The van der Waals surface area contributed by atoms with Crippen molar-refractivity contribution in [1.29, 1.82) is 0 Å². The Labute approximate surface area is 110 Å². The molecule has 0 bridgehead atoms. The number of nitrogens with one attached hydrogen (secondary N) is 1. The number of amides is 1. The van der Waals surface area contributed by atoms with E-state index >= 15 is 0 Å². The van der Waals surface area contributed by atoms with Crippen LogP contribution in [-0.2, 0) is 4.79 Å². The van der Waals surface area contributed by atoms with Gasteiger partial charge in [0.1, 0.15) is 0 Å². The maximum absolute atomic E-state index is 12.2. The summed E-state index contributed by atoms with van der Waals surface area (Å²) in [7, 11) is 0. The Bertz CT molecular complexity index is 395. The van der Waals surface area contributed by atoms with Crippen molar-refractivity contribution in [2.45, 2.75) is 46.5 Å². The predicted molar refractivity (Wildman–Crippen MR) is 77.5 cm³/mol. The van der Waals surface area contributed by atoms with E-state index in [1.165, 1.54) is 0 Å². The Morgan fingerprint density at radius 1 is 1.28 bits per heavy atom. The summed E-state index contributed by atoms with van der Waals surface area (Å²) in [5, 5.41) is 3.01. The number of aryl methyl sites for hydroxylation is 1. The molecule has 0 aliphatic carbocycles. The summed E-state index contributed by atoms with van der Waals surface area (Å²) in [6, 6.07) is 5.57. The van der Waals surface area contributed by atoms with Gasteiger partial charge in [0.25, 0.3) is 0 Å². The second kappa shape index (κ2) is 7.04. The minimum absolute atomic E-state index is 0.122. The van der Waals surface area contributed by atoms with E-state index < -0.39 is 0 Å². The summed E-state index contributed by atoms with van der Waals surface area (Å²) in [6.07, 6.45) is 3.99. The zero-order valence-electron chi connectivity index (χ0n) is 11.6. The molecule has 0 saturated heterocycles. The van der Waals surface area contributed by atoms with Gasteiger partial charge in [0.15, 0.2) is 0 Å². The normalized spacial score (nSPS) is 10.7. The molecular formula is C15H24N2O. The van der Waals surface area contributed by atoms with E-state index in [4.69, 9.17) is 5.73 Å². The summed E-state index contributed by atoms with van der Waals surface area (Å²) in [6.45, 7) is 6.19. The molecule has 18 heavy (non-hydrogen) atoms. The molecule has 0 heterocycles. The highest BCUT2D eigenvalue weighted by atomic mass is 16.1. The van der Waals surface area contributed by atoms with E-state index in [0.29, 0.717) is 0 Å². The zero-order chi connectivity index (χ0) is 13.5. The molecule has 3 heteroatoms. The SMILES string of the molecule is CCCC(CCC)C(=O)Nc1ccc(N)cc1C. The lowest BCUT2D eigenvalue weighted by atomic mass is 9.97. The van der Waals surface area contributed by atoms with Crippen molar-refractivity contribution < 1.29 is 4.79 Å². The molecule has 0 fully saturated rings. The molecule has 0 saturated carbocycles. The van der Waals surface area contributed by atoms with Gasteiger partial charge in [-0.05, 0) is 43.5 Å². The zero-order valence-corrected chi connectivity index (χ0v) is 11.6. The highest BCUT2D eigenvalue weighted by Gasteiger charge is 2.17. The van der Waals surface area contributed by atoms with Crippen LogP contribution >= 0.6 is 0 Å². The van der Waals surface area contributed by atoms with E-state index in [-0.39, 0.29) is 11.8 Å². The van der Waals surface area contributed by atoms with Gasteiger partial charge in [0.05, 0.1) is 0 Å². The van der Waals surface area contributed by atoms with Gasteiger partial charge in [0, 0.05) is 17.3 Å². The summed E-state index contributed by atoms with van der Waals surface area (Å²) in [5.74, 6) is 0.253. The molecule has 0 aliphatic rings. The first-order chi connectivity index (χ1) is 8.58. The Hall–Kier alpha value is -1.51. The number of nitrogen functional groups attached to an aromatic ring is 1. The molecule has 3 nitrogen and oxygen atoms in total. The molecule has 0 atom stereocenters. The Kier molecular flexibility index (Phi) is 5.69. The van der Waals surface area contributed by atoms with Crippen LogP contribution in [0, 0.1) is 12.8 Å². The number of hydrogen-bond acceptors (Lipinski definition) is 2. The average molecular weight is 248 g/mol. The molecule has 0 spiro atoms. The van der Waals surface area contributed by atoms with Crippen LogP contribution in [0.25, 0.3) is 0 Å². The van der Waals surface area contributed by atoms with Crippen molar-refractivity contribution in [2.24, 2.45) is 5.92 Å². The lowest BCUT2D eigenvalue weighted by molar-refractivity contribution is -0.120. The molecule has 0 unspecified atom stereocenters. The van der Waals surface area contributed by atoms with Gasteiger partial charge in [0.2, 0.25) is 5.91 Å². The Morgan fingerprint density at radius 2 is 1.89 bits per heavy atom. The number of carbonyl (C=O) groups excluding carboxylic acids is 1. The van der Waals surface area contributed by atoms with Gasteiger partial charge in [-0.2, -0.15) is 0 Å². The Balaban J connectivity index is 2.72. The van der Waals surface area contributed by atoms with Crippen molar-refractivity contribution in [3.63, 3.8) is 0 Å². The number of hydrogen-bond donors (Lipinski definition) is 2. The molecule has 1 aromatic carbocycles. The third-order valence-electron chi connectivity index (χ3n) is 3.15. The van der Waals surface area contributed by atoms with Crippen LogP contribution in [0.2, 0.25) is 0 Å². The van der Waals surface area contributed by atoms with Crippen LogP contribution in [0.15, 0.2) is 18.2 Å². The van der Waals surface area contributed by atoms with Crippen LogP contribution < -0.4 is 11.1 Å². The number of nitrogens with two attached hydrogens (primary N) is 1. The fourth-order valence-corrected chi connectivity index (χ4v) is 2.17. The summed E-state index contributed by atoms with van der Waals surface area (Å²) >= 11 is 0. The predicted octanol–water partition coefficient (Wildman–Crippen LogP) is 3.73. The van der Waals surface area contributed by atoms with E-state index in [0.717, 1.165) is 42.6 Å². The maximum Gasteiger partial charge on any atom is 0.227 e. The third kappa shape index (κ3) is 4.06. The monoisotopic (exact) mass is 248 g/mol. The molecule has 100 valence electrons. The summed E-state index contributed by atoms with van der Waals surface area (Å²) in [5.41, 5.74) is 8.30.